The lowest BCUT2D eigenvalue weighted by molar-refractivity contribution is 0.116. The molecule has 0 bridgehead atoms. The summed E-state index contributed by atoms with van der Waals surface area (Å²) in [5, 5.41) is 38.1. The van der Waals surface area contributed by atoms with Crippen LogP contribution in [0.25, 0.3) is 0 Å². The van der Waals surface area contributed by atoms with Gasteiger partial charge in [-0.1, -0.05) is 51.5 Å². The van der Waals surface area contributed by atoms with Gasteiger partial charge < -0.3 is 45.8 Å². The number of furan rings is 1. The SMILES string of the molecule is CCN[C@@H](COc1cc(CCc2cc(CO)c(CCCCCCCN)o2)ccc1O)c1cc2c([nH]1)CC1(CCCC1)[C@H]1CCC[C@H]1[C@@H]2CNC[C@H](C)O. The Morgan fingerprint density at radius 3 is 2.60 bits per heavy atom. The number of phenolic OH excluding ortho intramolecular Hbond substituents is 1. The Hall–Kier alpha value is -2.82. The number of aromatic nitrogens is 1. The number of phenols is 1. The molecule has 53 heavy (non-hydrogen) atoms. The monoisotopic (exact) mass is 733 g/mol. The minimum Gasteiger partial charge on any atom is -0.504 e. The van der Waals surface area contributed by atoms with E-state index < -0.39 is 0 Å². The number of aliphatic hydroxyl groups excluding tert-OH is 2. The van der Waals surface area contributed by atoms with Gasteiger partial charge in [-0.05, 0) is 124 Å². The molecule has 8 N–H and O–H groups in total. The smallest absolute Gasteiger partial charge is 0.161 e. The first-order chi connectivity index (χ1) is 25.8. The van der Waals surface area contributed by atoms with Gasteiger partial charge in [0.15, 0.2) is 11.5 Å². The van der Waals surface area contributed by atoms with Crippen molar-refractivity contribution in [3.63, 3.8) is 0 Å². The van der Waals surface area contributed by atoms with Crippen LogP contribution in [0.15, 0.2) is 34.7 Å². The molecule has 5 atom stereocenters. The Balaban J connectivity index is 1.13. The second-order valence-corrected chi connectivity index (χ2v) is 16.6. The Bertz CT molecular complexity index is 1560. The largest absolute Gasteiger partial charge is 0.504 e. The molecular weight excluding hydrogens is 665 g/mol. The second kappa shape index (κ2) is 19.2. The zero-order valence-electron chi connectivity index (χ0n) is 32.6. The molecule has 1 aromatic carbocycles. The zero-order valence-corrected chi connectivity index (χ0v) is 32.6. The number of aliphatic hydroxyl groups is 2. The molecule has 2 fully saturated rings. The molecule has 0 saturated heterocycles. The van der Waals surface area contributed by atoms with Crippen molar-refractivity contribution in [3.05, 3.63) is 69.9 Å². The Labute approximate surface area is 317 Å². The third kappa shape index (κ3) is 9.90. The molecule has 0 amide bonds. The van der Waals surface area contributed by atoms with Crippen LogP contribution in [0.5, 0.6) is 11.5 Å². The summed E-state index contributed by atoms with van der Waals surface area (Å²) in [5.74, 6) is 4.29. The molecule has 3 aliphatic carbocycles. The van der Waals surface area contributed by atoms with E-state index in [1.54, 1.807) is 6.07 Å². The number of aromatic amines is 1. The molecule has 3 aromatic rings. The Kier molecular flexibility index (Phi) is 14.4. The van der Waals surface area contributed by atoms with E-state index in [0.29, 0.717) is 42.6 Å². The normalized spacial score (nSPS) is 21.8. The summed E-state index contributed by atoms with van der Waals surface area (Å²) >= 11 is 0. The number of ether oxygens (including phenoxy) is 1. The van der Waals surface area contributed by atoms with Gasteiger partial charge in [-0.3, -0.25) is 0 Å². The highest BCUT2D eigenvalue weighted by molar-refractivity contribution is 5.42. The maximum absolute atomic E-state index is 10.9. The standard InChI is InChI=1S/C44H68N4O5/c1-3-47-40(38-24-35-36(27-46-26-30(2)50)34-12-11-13-37(34)44(19-8-9-20-44)25-39(35)48-38)29-52-43-22-31(16-18-41(43)51)15-17-33-23-32(28-49)42(53-33)14-7-5-4-6-10-21-45/h16,18,22-24,30,34,36-37,40,46-51H,3-15,17,19-21,25-29,45H2,1-2H3/t30-,34-,36-,37-,40-/m0/s1. The number of hydrogen-bond acceptors (Lipinski definition) is 8. The highest BCUT2D eigenvalue weighted by Gasteiger charge is 2.51. The first-order valence-electron chi connectivity index (χ1n) is 21.0. The van der Waals surface area contributed by atoms with Gasteiger partial charge in [0, 0.05) is 48.8 Å². The highest BCUT2D eigenvalue weighted by atomic mass is 16.5. The number of benzene rings is 1. The molecule has 0 unspecified atom stereocenters. The van der Waals surface area contributed by atoms with E-state index in [1.807, 2.05) is 25.1 Å². The minimum absolute atomic E-state index is 0.0114. The van der Waals surface area contributed by atoms with Crippen molar-refractivity contribution in [1.29, 1.82) is 0 Å². The van der Waals surface area contributed by atoms with E-state index in [1.165, 1.54) is 69.0 Å². The third-order valence-corrected chi connectivity index (χ3v) is 12.8. The molecule has 0 radical (unpaired) electrons. The van der Waals surface area contributed by atoms with Crippen LogP contribution >= 0.6 is 0 Å². The number of unbranched alkanes of at least 4 members (excludes halogenated alkanes) is 4. The summed E-state index contributed by atoms with van der Waals surface area (Å²) in [6, 6.07) is 9.99. The van der Waals surface area contributed by atoms with Crippen molar-refractivity contribution >= 4 is 0 Å². The van der Waals surface area contributed by atoms with Gasteiger partial charge in [-0.2, -0.15) is 0 Å². The van der Waals surface area contributed by atoms with Gasteiger partial charge in [0.2, 0.25) is 0 Å². The first kappa shape index (κ1) is 39.9. The molecular formula is C44H68N4O5. The topological polar surface area (TPSA) is 149 Å². The van der Waals surface area contributed by atoms with E-state index in [-0.39, 0.29) is 24.5 Å². The molecule has 294 valence electrons. The predicted octanol–water partition coefficient (Wildman–Crippen LogP) is 7.36. The van der Waals surface area contributed by atoms with Gasteiger partial charge in [0.05, 0.1) is 18.8 Å². The number of aromatic hydroxyl groups is 1. The lowest BCUT2D eigenvalue weighted by Crippen LogP contribution is -2.36. The number of nitrogens with one attached hydrogen (secondary N) is 3. The van der Waals surface area contributed by atoms with Gasteiger partial charge in [-0.25, -0.2) is 0 Å². The summed E-state index contributed by atoms with van der Waals surface area (Å²) in [4.78, 5) is 3.95. The third-order valence-electron chi connectivity index (χ3n) is 12.8. The zero-order chi connectivity index (χ0) is 37.2. The predicted molar refractivity (Wildman–Crippen MR) is 211 cm³/mol. The van der Waals surface area contributed by atoms with E-state index >= 15 is 0 Å². The molecule has 2 heterocycles. The van der Waals surface area contributed by atoms with Crippen molar-refractivity contribution in [2.24, 2.45) is 23.0 Å². The quantitative estimate of drug-likeness (QED) is 0.0562. The van der Waals surface area contributed by atoms with Crippen LogP contribution in [0.3, 0.4) is 0 Å². The Morgan fingerprint density at radius 2 is 1.83 bits per heavy atom. The summed E-state index contributed by atoms with van der Waals surface area (Å²) in [7, 11) is 0. The van der Waals surface area contributed by atoms with E-state index in [2.05, 4.69) is 28.6 Å². The van der Waals surface area contributed by atoms with Crippen LogP contribution in [0.2, 0.25) is 0 Å². The van der Waals surface area contributed by atoms with Gasteiger partial charge in [0.25, 0.3) is 0 Å². The van der Waals surface area contributed by atoms with Crippen LogP contribution in [0.1, 0.15) is 142 Å². The molecule has 3 aliphatic rings. The number of aryl methyl sites for hydroxylation is 3. The molecule has 9 heteroatoms. The summed E-state index contributed by atoms with van der Waals surface area (Å²) < 4.78 is 12.6. The number of rotatable bonds is 21. The summed E-state index contributed by atoms with van der Waals surface area (Å²) in [6.45, 7) is 7.43. The number of likely N-dealkylation sites (N-methyl/N-ethyl adjacent to an activating group) is 1. The second-order valence-electron chi connectivity index (χ2n) is 16.6. The lowest BCUT2D eigenvalue weighted by atomic mass is 9.66. The number of hydrogen-bond donors (Lipinski definition) is 7. The van der Waals surface area contributed by atoms with Crippen molar-refractivity contribution in [1.82, 2.24) is 15.6 Å². The maximum Gasteiger partial charge on any atom is 0.161 e. The molecule has 9 nitrogen and oxygen atoms in total. The van der Waals surface area contributed by atoms with Gasteiger partial charge >= 0.3 is 0 Å². The number of nitrogens with two attached hydrogens (primary N) is 1. The fraction of sp³-hybridized carbons (Fsp3) is 0.682. The maximum atomic E-state index is 10.9. The summed E-state index contributed by atoms with van der Waals surface area (Å²) in [5.41, 5.74) is 12.0. The van der Waals surface area contributed by atoms with Gasteiger partial charge in [-0.15, -0.1) is 0 Å². The van der Waals surface area contributed by atoms with Gasteiger partial charge in [0.1, 0.15) is 18.1 Å². The van der Waals surface area contributed by atoms with Crippen LogP contribution in [-0.4, -0.2) is 59.2 Å². The Morgan fingerprint density at radius 1 is 1.02 bits per heavy atom. The average Bonchev–Trinajstić information content (AvgIpc) is 3.97. The number of H-pyrrole nitrogens is 1. The molecule has 2 saturated carbocycles. The number of fused-ring (bicyclic) bond motifs is 3. The fourth-order valence-corrected chi connectivity index (χ4v) is 10.2. The highest BCUT2D eigenvalue weighted by Crippen LogP contribution is 2.60. The average molecular weight is 733 g/mol. The van der Waals surface area contributed by atoms with Crippen LogP contribution < -0.4 is 21.1 Å². The first-order valence-corrected chi connectivity index (χ1v) is 21.0. The van der Waals surface area contributed by atoms with Crippen LogP contribution in [-0.2, 0) is 32.3 Å². The van der Waals surface area contributed by atoms with E-state index in [4.69, 9.17) is 14.9 Å². The molecule has 6 rings (SSSR count). The minimum atomic E-state index is -0.360. The molecule has 1 spiro atoms. The molecule has 0 aliphatic heterocycles. The van der Waals surface area contributed by atoms with Crippen molar-refractivity contribution in [3.8, 4) is 11.5 Å². The van der Waals surface area contributed by atoms with Crippen LogP contribution in [0, 0.1) is 17.3 Å². The molecule has 2 aromatic heterocycles. The van der Waals surface area contributed by atoms with Crippen molar-refractivity contribution in [2.45, 2.75) is 141 Å². The van der Waals surface area contributed by atoms with E-state index in [9.17, 15) is 15.3 Å². The fourth-order valence-electron chi connectivity index (χ4n) is 10.2. The van der Waals surface area contributed by atoms with Crippen molar-refractivity contribution in [2.75, 3.05) is 32.8 Å². The van der Waals surface area contributed by atoms with Crippen molar-refractivity contribution < 1.29 is 24.5 Å². The summed E-state index contributed by atoms with van der Waals surface area (Å²) in [6.07, 6.45) is 18.0. The van der Waals surface area contributed by atoms with Crippen LogP contribution in [0.4, 0.5) is 0 Å². The van der Waals surface area contributed by atoms with E-state index in [0.717, 1.165) is 92.4 Å². The lowest BCUT2D eigenvalue weighted by Gasteiger charge is -2.39.